The average molecular weight is 215 g/mol. The largest absolute Gasteiger partial charge is 0.224 e. The molecular formula is C5H13NO4S2. The van der Waals surface area contributed by atoms with E-state index in [1.54, 1.807) is 18.0 Å². The molecule has 0 fully saturated rings. The lowest BCUT2D eigenvalue weighted by atomic mass is 10.3. The van der Waals surface area contributed by atoms with Crippen LogP contribution in [0.1, 0.15) is 13.8 Å². The third kappa shape index (κ3) is 6.56. The molecule has 0 aromatic carbocycles. The lowest BCUT2D eigenvalue weighted by Gasteiger charge is -2.05. The van der Waals surface area contributed by atoms with Crippen molar-refractivity contribution in [3.05, 3.63) is 0 Å². The summed E-state index contributed by atoms with van der Waals surface area (Å²) >= 11 is 0. The van der Waals surface area contributed by atoms with Crippen molar-refractivity contribution in [1.29, 1.82) is 0 Å². The predicted octanol–water partition coefficient (Wildman–Crippen LogP) is -0.479. The molecular weight excluding hydrogens is 202 g/mol. The highest BCUT2D eigenvalue weighted by Gasteiger charge is 2.17. The van der Waals surface area contributed by atoms with Crippen LogP contribution in [0.4, 0.5) is 0 Å². The SMILES string of the molecule is CC(C)CS(=O)(=O)NS(C)(=O)=O. The molecule has 0 spiro atoms. The van der Waals surface area contributed by atoms with E-state index in [1.165, 1.54) is 0 Å². The van der Waals surface area contributed by atoms with Gasteiger partial charge in [-0.2, -0.15) is 0 Å². The third-order valence-corrected chi connectivity index (χ3v) is 4.16. The maximum absolute atomic E-state index is 11.0. The summed E-state index contributed by atoms with van der Waals surface area (Å²) < 4.78 is 44.6. The summed E-state index contributed by atoms with van der Waals surface area (Å²) in [6, 6.07) is 0. The molecule has 7 heteroatoms. The van der Waals surface area contributed by atoms with Crippen LogP contribution in [0.15, 0.2) is 0 Å². The molecule has 0 radical (unpaired) electrons. The Hall–Kier alpha value is -0.140. The van der Waals surface area contributed by atoms with Gasteiger partial charge in [-0.15, -0.1) is 4.13 Å². The van der Waals surface area contributed by atoms with Crippen LogP contribution < -0.4 is 4.13 Å². The van der Waals surface area contributed by atoms with Gasteiger partial charge in [-0.3, -0.25) is 0 Å². The summed E-state index contributed by atoms with van der Waals surface area (Å²) in [6.45, 7) is 3.39. The number of rotatable bonds is 4. The summed E-state index contributed by atoms with van der Waals surface area (Å²) in [6.07, 6.45) is 0.810. The van der Waals surface area contributed by atoms with E-state index >= 15 is 0 Å². The van der Waals surface area contributed by atoms with Crippen LogP contribution in [-0.4, -0.2) is 28.8 Å². The van der Waals surface area contributed by atoms with Gasteiger partial charge in [-0.1, -0.05) is 13.8 Å². The monoisotopic (exact) mass is 215 g/mol. The summed E-state index contributed by atoms with van der Waals surface area (Å²) in [5.41, 5.74) is 0. The molecule has 0 unspecified atom stereocenters. The second kappa shape index (κ2) is 3.71. The maximum Gasteiger partial charge on any atom is 0.224 e. The minimum atomic E-state index is -3.68. The van der Waals surface area contributed by atoms with E-state index < -0.39 is 20.0 Å². The number of sulfonamides is 2. The molecule has 0 saturated carbocycles. The van der Waals surface area contributed by atoms with E-state index in [2.05, 4.69) is 0 Å². The van der Waals surface area contributed by atoms with E-state index in [0.29, 0.717) is 0 Å². The first-order valence-corrected chi connectivity index (χ1v) is 6.88. The van der Waals surface area contributed by atoms with Gasteiger partial charge in [-0.25, -0.2) is 16.8 Å². The van der Waals surface area contributed by atoms with Gasteiger partial charge in [0.15, 0.2) is 0 Å². The first kappa shape index (κ1) is 11.9. The van der Waals surface area contributed by atoms with Crippen molar-refractivity contribution < 1.29 is 16.8 Å². The minimum Gasteiger partial charge on any atom is -0.212 e. The Bertz CT molecular complexity index is 326. The van der Waals surface area contributed by atoms with Crippen LogP contribution >= 0.6 is 0 Å². The van der Waals surface area contributed by atoms with Crippen molar-refractivity contribution >= 4 is 20.0 Å². The lowest BCUT2D eigenvalue weighted by molar-refractivity contribution is 0.571. The topological polar surface area (TPSA) is 80.3 Å². The highest BCUT2D eigenvalue weighted by molar-refractivity contribution is 8.04. The summed E-state index contributed by atoms with van der Waals surface area (Å²) in [5.74, 6) is -0.274. The smallest absolute Gasteiger partial charge is 0.212 e. The lowest BCUT2D eigenvalue weighted by Crippen LogP contribution is -2.33. The first-order valence-electron chi connectivity index (χ1n) is 3.33. The van der Waals surface area contributed by atoms with Crippen LogP contribution in [-0.2, 0) is 20.0 Å². The Morgan fingerprint density at radius 3 is 1.83 bits per heavy atom. The predicted molar refractivity (Wildman–Crippen MR) is 46.6 cm³/mol. The maximum atomic E-state index is 11.0. The van der Waals surface area contributed by atoms with Crippen molar-refractivity contribution in [2.24, 2.45) is 5.92 Å². The van der Waals surface area contributed by atoms with Crippen LogP contribution in [0.5, 0.6) is 0 Å². The zero-order valence-electron chi connectivity index (χ0n) is 7.23. The van der Waals surface area contributed by atoms with Crippen molar-refractivity contribution in [3.8, 4) is 0 Å². The Kier molecular flexibility index (Phi) is 3.67. The van der Waals surface area contributed by atoms with E-state index in [0.717, 1.165) is 6.26 Å². The van der Waals surface area contributed by atoms with Gasteiger partial charge in [0, 0.05) is 0 Å². The van der Waals surface area contributed by atoms with Crippen LogP contribution in [0.25, 0.3) is 0 Å². The molecule has 0 aromatic heterocycles. The molecule has 0 aliphatic heterocycles. The van der Waals surface area contributed by atoms with Crippen molar-refractivity contribution in [2.45, 2.75) is 13.8 Å². The van der Waals surface area contributed by atoms with Crippen molar-refractivity contribution in [2.75, 3.05) is 12.0 Å². The Morgan fingerprint density at radius 1 is 1.17 bits per heavy atom. The second-order valence-electron chi connectivity index (χ2n) is 3.03. The van der Waals surface area contributed by atoms with E-state index in [9.17, 15) is 16.8 Å². The van der Waals surface area contributed by atoms with Gasteiger partial charge in [0.1, 0.15) is 0 Å². The number of hydrogen-bond acceptors (Lipinski definition) is 4. The molecule has 0 rings (SSSR count). The molecule has 0 heterocycles. The normalized spacial score (nSPS) is 13.7. The zero-order valence-corrected chi connectivity index (χ0v) is 8.87. The Morgan fingerprint density at radius 2 is 1.58 bits per heavy atom. The summed E-state index contributed by atoms with van der Waals surface area (Å²) in [4.78, 5) is 0. The minimum absolute atomic E-state index is 0.0933. The molecule has 12 heavy (non-hydrogen) atoms. The van der Waals surface area contributed by atoms with E-state index in [4.69, 9.17) is 0 Å². The highest BCUT2D eigenvalue weighted by atomic mass is 32.3. The standard InChI is InChI=1S/C5H13NO4S2/c1-5(2)4-12(9,10)6-11(3,7)8/h5-6H,4H2,1-3H3. The second-order valence-corrected chi connectivity index (χ2v) is 6.80. The molecule has 0 aliphatic rings. The van der Waals surface area contributed by atoms with Gasteiger partial charge in [0.05, 0.1) is 12.0 Å². The quantitative estimate of drug-likeness (QED) is 0.687. The molecule has 0 aliphatic carbocycles. The fourth-order valence-corrected chi connectivity index (χ4v) is 3.70. The molecule has 0 atom stereocenters. The number of nitrogens with one attached hydrogen (secondary N) is 1. The van der Waals surface area contributed by atoms with Crippen molar-refractivity contribution in [1.82, 2.24) is 4.13 Å². The molecule has 0 amide bonds. The average Bonchev–Trinajstić information content (AvgIpc) is 1.48. The molecule has 74 valence electrons. The molecule has 5 nitrogen and oxygen atoms in total. The van der Waals surface area contributed by atoms with Gasteiger partial charge in [0.25, 0.3) is 0 Å². The fourth-order valence-electron chi connectivity index (χ4n) is 0.703. The summed E-state index contributed by atoms with van der Waals surface area (Å²) in [5, 5.41) is 0. The zero-order chi connectivity index (χ0) is 9.99. The fraction of sp³-hybridized carbons (Fsp3) is 1.00. The molecule has 0 saturated heterocycles. The number of hydrogen-bond donors (Lipinski definition) is 1. The highest BCUT2D eigenvalue weighted by Crippen LogP contribution is 1.98. The molecule has 0 bridgehead atoms. The van der Waals surface area contributed by atoms with Gasteiger partial charge in [0.2, 0.25) is 20.0 Å². The van der Waals surface area contributed by atoms with Crippen LogP contribution in [0, 0.1) is 5.92 Å². The van der Waals surface area contributed by atoms with Gasteiger partial charge >= 0.3 is 0 Å². The van der Waals surface area contributed by atoms with E-state index in [1.807, 2.05) is 0 Å². The van der Waals surface area contributed by atoms with E-state index in [-0.39, 0.29) is 11.7 Å². The van der Waals surface area contributed by atoms with Gasteiger partial charge in [-0.05, 0) is 5.92 Å². The van der Waals surface area contributed by atoms with Gasteiger partial charge < -0.3 is 0 Å². The van der Waals surface area contributed by atoms with Crippen LogP contribution in [0.3, 0.4) is 0 Å². The Labute approximate surface area is 73.3 Å². The van der Waals surface area contributed by atoms with Crippen LogP contribution in [0.2, 0.25) is 0 Å². The first-order chi connectivity index (χ1) is 5.12. The Balaban J connectivity index is 4.47. The molecule has 0 aromatic rings. The molecule has 1 N–H and O–H groups in total. The summed E-state index contributed by atoms with van der Waals surface area (Å²) in [7, 11) is -7.34. The third-order valence-electron chi connectivity index (χ3n) is 0.831. The van der Waals surface area contributed by atoms with Crippen molar-refractivity contribution in [3.63, 3.8) is 0 Å².